The van der Waals surface area contributed by atoms with E-state index in [2.05, 4.69) is 4.98 Å². The summed E-state index contributed by atoms with van der Waals surface area (Å²) in [5, 5.41) is 29.2. The van der Waals surface area contributed by atoms with Crippen molar-refractivity contribution in [1.82, 2.24) is 4.98 Å². The summed E-state index contributed by atoms with van der Waals surface area (Å²) in [4.78, 5) is 14.4. The first kappa shape index (κ1) is 11.0. The number of thiazole rings is 1. The Morgan fingerprint density at radius 3 is 2.69 bits per heavy atom. The van der Waals surface area contributed by atoms with Crippen LogP contribution in [-0.4, -0.2) is 27.3 Å². The number of aromatic nitrogens is 1. The molecule has 0 aliphatic rings. The van der Waals surface area contributed by atoms with Crippen LogP contribution in [-0.2, 0) is 4.79 Å². The van der Waals surface area contributed by atoms with Crippen molar-refractivity contribution in [2.24, 2.45) is 0 Å². The lowest BCUT2D eigenvalue weighted by atomic mass is 10.2. The Morgan fingerprint density at radius 2 is 2.06 bits per heavy atom. The molecule has 1 aromatic heterocycles. The highest BCUT2D eigenvalue weighted by Gasteiger charge is 2.22. The summed E-state index contributed by atoms with van der Waals surface area (Å²) in [6, 6.07) is 7.14. The summed E-state index contributed by atoms with van der Waals surface area (Å²) < 4.78 is 0.821. The molecular formula is C10H8NO4S-. The monoisotopic (exact) mass is 238 g/mol. The molecule has 2 rings (SSSR count). The maximum atomic E-state index is 10.4. The molecule has 6 heteroatoms. The van der Waals surface area contributed by atoms with Gasteiger partial charge in [0.25, 0.3) is 0 Å². The SMILES string of the molecule is O=C([O-])[C@H](O)[C@@H](O)c1nc2ccccc2s1. The van der Waals surface area contributed by atoms with Gasteiger partial charge in [0.1, 0.15) is 17.2 Å². The van der Waals surface area contributed by atoms with E-state index < -0.39 is 18.2 Å². The predicted molar refractivity (Wildman–Crippen MR) is 55.6 cm³/mol. The van der Waals surface area contributed by atoms with Gasteiger partial charge in [0.05, 0.1) is 16.2 Å². The molecule has 0 amide bonds. The van der Waals surface area contributed by atoms with Crippen LogP contribution in [0.2, 0.25) is 0 Å². The number of aliphatic hydroxyl groups excluding tert-OH is 2. The minimum atomic E-state index is -1.96. The van der Waals surface area contributed by atoms with Gasteiger partial charge in [0, 0.05) is 0 Å². The van der Waals surface area contributed by atoms with E-state index in [0.717, 1.165) is 16.0 Å². The summed E-state index contributed by atoms with van der Waals surface area (Å²) in [7, 11) is 0. The highest BCUT2D eigenvalue weighted by Crippen LogP contribution is 2.27. The van der Waals surface area contributed by atoms with Crippen molar-refractivity contribution < 1.29 is 20.1 Å². The van der Waals surface area contributed by atoms with Gasteiger partial charge >= 0.3 is 0 Å². The smallest absolute Gasteiger partial charge is 0.137 e. The zero-order valence-electron chi connectivity index (χ0n) is 8.03. The highest BCUT2D eigenvalue weighted by molar-refractivity contribution is 7.18. The Bertz CT molecular complexity index is 491. The lowest BCUT2D eigenvalue weighted by Gasteiger charge is -2.15. The fourth-order valence-corrected chi connectivity index (χ4v) is 2.26. The van der Waals surface area contributed by atoms with Crippen molar-refractivity contribution in [3.63, 3.8) is 0 Å². The standard InChI is InChI=1S/C10H9NO4S/c12-7(8(13)10(14)15)9-11-5-3-1-2-4-6(5)16-9/h1-4,7-8,12-13H,(H,14,15)/p-1/t7-,8-/m1/s1. The number of carboxylic acid groups (broad SMARTS) is 1. The Hall–Kier alpha value is -1.50. The summed E-state index contributed by atoms with van der Waals surface area (Å²) in [6.45, 7) is 0. The van der Waals surface area contributed by atoms with Crippen LogP contribution in [0.4, 0.5) is 0 Å². The van der Waals surface area contributed by atoms with Crippen molar-refractivity contribution in [3.8, 4) is 0 Å². The van der Waals surface area contributed by atoms with Crippen LogP contribution in [0.5, 0.6) is 0 Å². The Kier molecular flexibility index (Phi) is 2.86. The summed E-state index contributed by atoms with van der Waals surface area (Å²) in [6.07, 6.45) is -3.51. The normalized spacial score (nSPS) is 14.9. The largest absolute Gasteiger partial charge is 0.547 e. The van der Waals surface area contributed by atoms with Gasteiger partial charge in [-0.25, -0.2) is 4.98 Å². The van der Waals surface area contributed by atoms with Gasteiger partial charge in [-0.05, 0) is 12.1 Å². The summed E-state index contributed by atoms with van der Waals surface area (Å²) in [5.74, 6) is -1.72. The molecule has 1 heterocycles. The van der Waals surface area contributed by atoms with Gasteiger partial charge in [-0.1, -0.05) is 12.1 Å². The van der Waals surface area contributed by atoms with Crippen LogP contribution >= 0.6 is 11.3 Å². The lowest BCUT2D eigenvalue weighted by Crippen LogP contribution is -2.39. The molecule has 0 radical (unpaired) electrons. The number of carbonyl (C=O) groups is 1. The second kappa shape index (κ2) is 4.17. The maximum Gasteiger partial charge on any atom is 0.137 e. The number of carboxylic acids is 1. The maximum absolute atomic E-state index is 10.4. The van der Waals surface area contributed by atoms with Gasteiger partial charge < -0.3 is 20.1 Å². The molecule has 0 spiro atoms. The average Bonchev–Trinajstić information content (AvgIpc) is 2.70. The molecule has 2 N–H and O–H groups in total. The molecule has 1 aromatic carbocycles. The third-order valence-electron chi connectivity index (χ3n) is 2.10. The van der Waals surface area contributed by atoms with Crippen molar-refractivity contribution in [3.05, 3.63) is 29.3 Å². The van der Waals surface area contributed by atoms with Crippen LogP contribution in [0.3, 0.4) is 0 Å². The number of nitrogens with zero attached hydrogens (tertiary/aromatic N) is 1. The van der Waals surface area contributed by atoms with Gasteiger partial charge in [-0.15, -0.1) is 11.3 Å². The molecule has 0 saturated heterocycles. The van der Waals surface area contributed by atoms with E-state index in [9.17, 15) is 15.0 Å². The number of benzene rings is 1. The molecular weight excluding hydrogens is 230 g/mol. The van der Waals surface area contributed by atoms with E-state index in [0.29, 0.717) is 5.52 Å². The van der Waals surface area contributed by atoms with Crippen LogP contribution in [0, 0.1) is 0 Å². The fourth-order valence-electron chi connectivity index (χ4n) is 1.28. The molecule has 0 bridgehead atoms. The minimum Gasteiger partial charge on any atom is -0.547 e. The van der Waals surface area contributed by atoms with Crippen molar-refractivity contribution in [2.75, 3.05) is 0 Å². The van der Waals surface area contributed by atoms with Crippen LogP contribution in [0.25, 0.3) is 10.2 Å². The van der Waals surface area contributed by atoms with Crippen molar-refractivity contribution >= 4 is 27.5 Å². The van der Waals surface area contributed by atoms with E-state index in [1.807, 2.05) is 6.07 Å². The first-order valence-corrected chi connectivity index (χ1v) is 5.33. The topological polar surface area (TPSA) is 93.5 Å². The second-order valence-electron chi connectivity index (χ2n) is 3.23. The summed E-state index contributed by atoms with van der Waals surface area (Å²) in [5.41, 5.74) is 0.659. The molecule has 2 aromatic rings. The fraction of sp³-hybridized carbons (Fsp3) is 0.200. The Labute approximate surface area is 94.6 Å². The number of hydrogen-bond acceptors (Lipinski definition) is 6. The minimum absolute atomic E-state index is 0.165. The van der Waals surface area contributed by atoms with Crippen molar-refractivity contribution in [1.29, 1.82) is 0 Å². The third kappa shape index (κ3) is 1.90. The van der Waals surface area contributed by atoms with E-state index in [-0.39, 0.29) is 5.01 Å². The van der Waals surface area contributed by atoms with Gasteiger partial charge in [-0.3, -0.25) is 0 Å². The number of fused-ring (bicyclic) bond motifs is 1. The second-order valence-corrected chi connectivity index (χ2v) is 4.29. The number of aliphatic hydroxyl groups is 2. The highest BCUT2D eigenvalue weighted by atomic mass is 32.1. The molecule has 2 atom stereocenters. The molecule has 0 saturated carbocycles. The van der Waals surface area contributed by atoms with Crippen LogP contribution in [0.1, 0.15) is 11.1 Å². The molecule has 5 nitrogen and oxygen atoms in total. The zero-order chi connectivity index (χ0) is 11.7. The zero-order valence-corrected chi connectivity index (χ0v) is 8.85. The molecule has 0 aliphatic heterocycles. The number of carbonyl (C=O) groups excluding carboxylic acids is 1. The van der Waals surface area contributed by atoms with E-state index in [1.54, 1.807) is 18.2 Å². The van der Waals surface area contributed by atoms with Crippen LogP contribution < -0.4 is 5.11 Å². The number of para-hydroxylation sites is 1. The first-order valence-electron chi connectivity index (χ1n) is 4.52. The molecule has 84 valence electrons. The molecule has 0 unspecified atom stereocenters. The molecule has 0 fully saturated rings. The quantitative estimate of drug-likeness (QED) is 0.747. The predicted octanol–water partition coefficient (Wildman–Crippen LogP) is -0.560. The Balaban J connectivity index is 2.36. The van der Waals surface area contributed by atoms with Gasteiger partial charge in [-0.2, -0.15) is 0 Å². The van der Waals surface area contributed by atoms with E-state index in [4.69, 9.17) is 5.11 Å². The van der Waals surface area contributed by atoms with Crippen LogP contribution in [0.15, 0.2) is 24.3 Å². The average molecular weight is 238 g/mol. The van der Waals surface area contributed by atoms with E-state index >= 15 is 0 Å². The molecule has 0 aliphatic carbocycles. The number of hydrogen-bond donors (Lipinski definition) is 2. The Morgan fingerprint density at radius 1 is 1.38 bits per heavy atom. The van der Waals surface area contributed by atoms with Crippen molar-refractivity contribution in [2.45, 2.75) is 12.2 Å². The first-order chi connectivity index (χ1) is 7.59. The summed E-state index contributed by atoms with van der Waals surface area (Å²) >= 11 is 1.14. The number of rotatable bonds is 3. The van der Waals surface area contributed by atoms with Gasteiger partial charge in [0.15, 0.2) is 0 Å². The van der Waals surface area contributed by atoms with Gasteiger partial charge in [0.2, 0.25) is 0 Å². The third-order valence-corrected chi connectivity index (χ3v) is 3.21. The number of aliphatic carboxylic acids is 1. The lowest BCUT2D eigenvalue weighted by molar-refractivity contribution is -0.318. The molecule has 16 heavy (non-hydrogen) atoms. The van der Waals surface area contributed by atoms with E-state index in [1.165, 1.54) is 0 Å².